The van der Waals surface area contributed by atoms with Crippen LogP contribution in [0.25, 0.3) is 10.4 Å². The van der Waals surface area contributed by atoms with E-state index in [9.17, 15) is 0 Å². The summed E-state index contributed by atoms with van der Waals surface area (Å²) in [7, 11) is 0. The SMILES string of the molecule is C=COCCOCC(O)CN=[N+]=[N-]. The average Bonchev–Trinajstić information content (AvgIpc) is 2.14. The Bertz CT molecular complexity index is 180. The zero-order chi connectivity index (χ0) is 9.94. The summed E-state index contributed by atoms with van der Waals surface area (Å²) in [4.78, 5) is 2.50. The van der Waals surface area contributed by atoms with Crippen molar-refractivity contribution in [2.45, 2.75) is 6.10 Å². The van der Waals surface area contributed by atoms with E-state index in [1.54, 1.807) is 0 Å². The van der Waals surface area contributed by atoms with Crippen LogP contribution in [-0.2, 0) is 9.47 Å². The van der Waals surface area contributed by atoms with Crippen LogP contribution >= 0.6 is 0 Å². The Morgan fingerprint density at radius 2 is 2.38 bits per heavy atom. The van der Waals surface area contributed by atoms with Gasteiger partial charge in [-0.2, -0.15) is 0 Å². The Kier molecular flexibility index (Phi) is 8.02. The van der Waals surface area contributed by atoms with E-state index in [0.29, 0.717) is 13.2 Å². The van der Waals surface area contributed by atoms with E-state index < -0.39 is 6.10 Å². The minimum Gasteiger partial charge on any atom is -0.499 e. The van der Waals surface area contributed by atoms with Gasteiger partial charge in [0.1, 0.15) is 6.61 Å². The highest BCUT2D eigenvalue weighted by Gasteiger charge is 2.01. The van der Waals surface area contributed by atoms with Gasteiger partial charge in [-0.15, -0.1) is 0 Å². The van der Waals surface area contributed by atoms with Crippen molar-refractivity contribution in [3.05, 3.63) is 23.3 Å². The Hall–Kier alpha value is -1.23. The minimum absolute atomic E-state index is 0.0266. The second-order valence-electron chi connectivity index (χ2n) is 2.18. The molecule has 0 aliphatic carbocycles. The normalized spacial score (nSPS) is 11.5. The quantitative estimate of drug-likeness (QED) is 0.201. The van der Waals surface area contributed by atoms with Crippen LogP contribution in [0.1, 0.15) is 0 Å². The van der Waals surface area contributed by atoms with Gasteiger partial charge < -0.3 is 14.6 Å². The number of ether oxygens (including phenoxy) is 2. The van der Waals surface area contributed by atoms with Gasteiger partial charge in [-0.1, -0.05) is 11.7 Å². The first kappa shape index (κ1) is 11.8. The van der Waals surface area contributed by atoms with Crippen LogP contribution in [0.5, 0.6) is 0 Å². The molecule has 1 atom stereocenters. The smallest absolute Gasteiger partial charge is 0.111 e. The number of hydrogen-bond donors (Lipinski definition) is 1. The van der Waals surface area contributed by atoms with E-state index in [1.807, 2.05) is 0 Å². The van der Waals surface area contributed by atoms with Gasteiger partial charge in [0.05, 0.1) is 32.1 Å². The van der Waals surface area contributed by atoms with Crippen molar-refractivity contribution in [3.8, 4) is 0 Å². The highest BCUT2D eigenvalue weighted by molar-refractivity contribution is 4.58. The lowest BCUT2D eigenvalue weighted by Gasteiger charge is -2.07. The summed E-state index contributed by atoms with van der Waals surface area (Å²) in [6.45, 7) is 4.29. The van der Waals surface area contributed by atoms with Crippen molar-refractivity contribution in [1.29, 1.82) is 0 Å². The second-order valence-corrected chi connectivity index (χ2v) is 2.18. The highest BCUT2D eigenvalue weighted by atomic mass is 16.5. The van der Waals surface area contributed by atoms with E-state index in [1.165, 1.54) is 6.26 Å². The average molecular weight is 187 g/mol. The zero-order valence-corrected chi connectivity index (χ0v) is 7.30. The molecule has 0 fully saturated rings. The largest absolute Gasteiger partial charge is 0.499 e. The number of aliphatic hydroxyl groups is 1. The van der Waals surface area contributed by atoms with Crippen LogP contribution in [0.3, 0.4) is 0 Å². The lowest BCUT2D eigenvalue weighted by atomic mass is 10.4. The van der Waals surface area contributed by atoms with Gasteiger partial charge in [-0.3, -0.25) is 0 Å². The van der Waals surface area contributed by atoms with E-state index in [0.717, 1.165) is 0 Å². The number of aliphatic hydroxyl groups excluding tert-OH is 1. The molecule has 0 spiro atoms. The highest BCUT2D eigenvalue weighted by Crippen LogP contribution is 1.87. The molecule has 0 radical (unpaired) electrons. The molecule has 0 amide bonds. The van der Waals surface area contributed by atoms with Crippen LogP contribution in [0, 0.1) is 0 Å². The Morgan fingerprint density at radius 3 is 3.00 bits per heavy atom. The molecule has 1 N–H and O–H groups in total. The Balaban J connectivity index is 3.20. The third-order valence-corrected chi connectivity index (χ3v) is 1.13. The third-order valence-electron chi connectivity index (χ3n) is 1.13. The first-order valence-corrected chi connectivity index (χ1v) is 3.80. The summed E-state index contributed by atoms with van der Waals surface area (Å²) in [5.41, 5.74) is 7.93. The number of rotatable bonds is 8. The molecule has 6 heteroatoms. The topological polar surface area (TPSA) is 87.5 Å². The maximum Gasteiger partial charge on any atom is 0.111 e. The number of nitrogens with zero attached hydrogens (tertiary/aromatic N) is 3. The molecule has 13 heavy (non-hydrogen) atoms. The van der Waals surface area contributed by atoms with Crippen LogP contribution < -0.4 is 0 Å². The molecular weight excluding hydrogens is 174 g/mol. The van der Waals surface area contributed by atoms with Gasteiger partial charge >= 0.3 is 0 Å². The molecule has 0 aliphatic rings. The van der Waals surface area contributed by atoms with Crippen LogP contribution in [-0.4, -0.2) is 37.6 Å². The van der Waals surface area contributed by atoms with Gasteiger partial charge in [-0.05, 0) is 5.53 Å². The van der Waals surface area contributed by atoms with Gasteiger partial charge in [0, 0.05) is 4.91 Å². The van der Waals surface area contributed by atoms with Gasteiger partial charge in [0.15, 0.2) is 0 Å². The molecule has 0 saturated carbocycles. The summed E-state index contributed by atoms with van der Waals surface area (Å²) in [5, 5.41) is 12.3. The lowest BCUT2D eigenvalue weighted by molar-refractivity contribution is 0.0227. The first-order valence-electron chi connectivity index (χ1n) is 3.80. The molecule has 74 valence electrons. The van der Waals surface area contributed by atoms with Crippen molar-refractivity contribution in [3.63, 3.8) is 0 Å². The predicted molar refractivity (Wildman–Crippen MR) is 47.0 cm³/mol. The zero-order valence-electron chi connectivity index (χ0n) is 7.30. The Morgan fingerprint density at radius 1 is 1.62 bits per heavy atom. The maximum absolute atomic E-state index is 9.09. The molecule has 0 heterocycles. The first-order chi connectivity index (χ1) is 6.31. The fraction of sp³-hybridized carbons (Fsp3) is 0.714. The molecule has 0 saturated heterocycles. The van der Waals surface area contributed by atoms with E-state index in [4.69, 9.17) is 20.1 Å². The van der Waals surface area contributed by atoms with Crippen molar-refractivity contribution < 1.29 is 14.6 Å². The number of azide groups is 1. The second kappa shape index (κ2) is 8.86. The monoisotopic (exact) mass is 187 g/mol. The molecule has 0 aliphatic heterocycles. The molecule has 0 aromatic carbocycles. The summed E-state index contributed by atoms with van der Waals surface area (Å²) >= 11 is 0. The molecule has 6 nitrogen and oxygen atoms in total. The van der Waals surface area contributed by atoms with Crippen molar-refractivity contribution >= 4 is 0 Å². The minimum atomic E-state index is -0.750. The van der Waals surface area contributed by atoms with Crippen molar-refractivity contribution in [2.75, 3.05) is 26.4 Å². The van der Waals surface area contributed by atoms with E-state index >= 15 is 0 Å². The number of hydrogen-bond acceptors (Lipinski definition) is 4. The summed E-state index contributed by atoms with van der Waals surface area (Å²) in [6.07, 6.45) is 0.569. The standard InChI is InChI=1S/C7H13N3O3/c1-2-12-3-4-13-6-7(11)5-9-10-8/h2,7,11H,1,3-6H2. The van der Waals surface area contributed by atoms with Gasteiger partial charge in [0.25, 0.3) is 0 Å². The molecular formula is C7H13N3O3. The molecule has 0 bridgehead atoms. The summed E-state index contributed by atoms with van der Waals surface area (Å²) in [6, 6.07) is 0. The maximum atomic E-state index is 9.09. The van der Waals surface area contributed by atoms with Gasteiger partial charge in [-0.25, -0.2) is 0 Å². The molecule has 0 aromatic heterocycles. The lowest BCUT2D eigenvalue weighted by Crippen LogP contribution is -2.19. The summed E-state index contributed by atoms with van der Waals surface area (Å²) < 4.78 is 9.76. The van der Waals surface area contributed by atoms with Crippen LogP contribution in [0.2, 0.25) is 0 Å². The third kappa shape index (κ3) is 8.68. The van der Waals surface area contributed by atoms with E-state index in [-0.39, 0.29) is 13.2 Å². The predicted octanol–water partition coefficient (Wildman–Crippen LogP) is 0.834. The fourth-order valence-electron chi connectivity index (χ4n) is 0.593. The van der Waals surface area contributed by atoms with Crippen LogP contribution in [0.15, 0.2) is 18.0 Å². The molecule has 0 rings (SSSR count). The summed E-state index contributed by atoms with van der Waals surface area (Å²) in [5.74, 6) is 0. The van der Waals surface area contributed by atoms with Gasteiger partial charge in [0.2, 0.25) is 0 Å². The Labute approximate surface area is 76.4 Å². The fourth-order valence-corrected chi connectivity index (χ4v) is 0.593. The van der Waals surface area contributed by atoms with Crippen molar-refractivity contribution in [2.24, 2.45) is 5.11 Å². The van der Waals surface area contributed by atoms with Crippen molar-refractivity contribution in [1.82, 2.24) is 0 Å². The van der Waals surface area contributed by atoms with E-state index in [2.05, 4.69) is 16.6 Å². The molecule has 0 aromatic rings. The van der Waals surface area contributed by atoms with Crippen LogP contribution in [0.4, 0.5) is 0 Å². The molecule has 1 unspecified atom stereocenters.